The molecule has 0 spiro atoms. The van der Waals surface area contributed by atoms with E-state index in [9.17, 15) is 13.2 Å². The van der Waals surface area contributed by atoms with E-state index < -0.39 is 11.7 Å². The molecule has 0 aliphatic rings. The van der Waals surface area contributed by atoms with Gasteiger partial charge < -0.3 is 15.4 Å². The van der Waals surface area contributed by atoms with Crippen molar-refractivity contribution in [2.24, 2.45) is 0 Å². The van der Waals surface area contributed by atoms with Crippen LogP contribution in [0.5, 0.6) is 5.75 Å². The summed E-state index contributed by atoms with van der Waals surface area (Å²) in [5, 5.41) is 5.70. The number of benzene rings is 2. The Balaban J connectivity index is 1.91. The van der Waals surface area contributed by atoms with E-state index in [0.29, 0.717) is 23.7 Å². The molecule has 0 saturated carbocycles. The summed E-state index contributed by atoms with van der Waals surface area (Å²) in [5.74, 6) is 0.165. The van der Waals surface area contributed by atoms with Gasteiger partial charge >= 0.3 is 6.18 Å². The van der Waals surface area contributed by atoms with Crippen LogP contribution in [0.15, 0.2) is 54.7 Å². The number of rotatable bonds is 8. The lowest BCUT2D eigenvalue weighted by Gasteiger charge is -2.17. The van der Waals surface area contributed by atoms with Crippen molar-refractivity contribution >= 4 is 45.7 Å². The third kappa shape index (κ3) is 5.97. The summed E-state index contributed by atoms with van der Waals surface area (Å²) in [6, 6.07) is 14.2. The van der Waals surface area contributed by atoms with Crippen LogP contribution >= 0.6 is 22.6 Å². The molecule has 0 aliphatic carbocycles. The normalized spacial score (nSPS) is 11.2. The number of alkyl halides is 3. The third-order valence-corrected chi connectivity index (χ3v) is 4.81. The average Bonchev–Trinajstić information content (AvgIpc) is 2.70. The van der Waals surface area contributed by atoms with Crippen LogP contribution in [0.3, 0.4) is 0 Å². The van der Waals surface area contributed by atoms with E-state index in [1.54, 1.807) is 36.4 Å². The van der Waals surface area contributed by atoms with Gasteiger partial charge in [-0.2, -0.15) is 18.2 Å². The van der Waals surface area contributed by atoms with Crippen molar-refractivity contribution < 1.29 is 17.9 Å². The molecule has 2 N–H and O–H groups in total. The summed E-state index contributed by atoms with van der Waals surface area (Å²) in [6.07, 6.45) is -2.04. The number of nitrogens with one attached hydrogen (secondary N) is 2. The van der Waals surface area contributed by atoms with E-state index in [0.717, 1.165) is 22.6 Å². The number of hydrogen-bond acceptors (Lipinski definition) is 5. The van der Waals surface area contributed by atoms with Crippen molar-refractivity contribution in [3.05, 3.63) is 63.9 Å². The van der Waals surface area contributed by atoms with Crippen LogP contribution < -0.4 is 15.4 Å². The molecule has 0 fully saturated rings. The molecular formula is C21H20F3IN4O. The maximum Gasteiger partial charge on any atom is 0.421 e. The molecule has 30 heavy (non-hydrogen) atoms. The van der Waals surface area contributed by atoms with Crippen molar-refractivity contribution in [3.63, 3.8) is 0 Å². The van der Waals surface area contributed by atoms with Gasteiger partial charge in [-0.25, -0.2) is 4.98 Å². The number of hydrogen-bond donors (Lipinski definition) is 2. The van der Waals surface area contributed by atoms with Gasteiger partial charge in [0.2, 0.25) is 5.95 Å². The second-order valence-electron chi connectivity index (χ2n) is 6.41. The molecule has 2 aromatic carbocycles. The van der Waals surface area contributed by atoms with Gasteiger partial charge in [0.05, 0.1) is 12.3 Å². The standard InChI is InChI=1S/C21H20F3IN4O/c1-2-3-12-30-18-7-5-4-6-17(18)28-19-16(21(22,23)24)13-26-20(29-19)27-15-10-8-14(25)9-11-15/h4-11,13H,2-3,12H2,1H3,(H2,26,27,28,29). The van der Waals surface area contributed by atoms with Crippen molar-refractivity contribution in [2.45, 2.75) is 25.9 Å². The predicted octanol–water partition coefficient (Wildman–Crippen LogP) is 6.77. The Morgan fingerprint density at radius 1 is 1.03 bits per heavy atom. The molecule has 0 aliphatic heterocycles. The van der Waals surface area contributed by atoms with E-state index in [1.165, 1.54) is 0 Å². The summed E-state index contributed by atoms with van der Waals surface area (Å²) in [7, 11) is 0. The second kappa shape index (κ2) is 9.96. The number of unbranched alkanes of at least 4 members (excludes halogenated alkanes) is 1. The Kier molecular flexibility index (Phi) is 7.35. The summed E-state index contributed by atoms with van der Waals surface area (Å²) in [5.41, 5.74) is 0.112. The lowest BCUT2D eigenvalue weighted by Crippen LogP contribution is -2.13. The first-order valence-electron chi connectivity index (χ1n) is 9.32. The molecule has 0 radical (unpaired) electrons. The van der Waals surface area contributed by atoms with Crippen molar-refractivity contribution in [3.8, 4) is 5.75 Å². The monoisotopic (exact) mass is 528 g/mol. The molecule has 1 heterocycles. The smallest absolute Gasteiger partial charge is 0.421 e. The third-order valence-electron chi connectivity index (χ3n) is 4.09. The molecule has 0 saturated heterocycles. The first kappa shape index (κ1) is 22.1. The van der Waals surface area contributed by atoms with E-state index >= 15 is 0 Å². The van der Waals surface area contributed by atoms with Gasteiger partial charge in [0.1, 0.15) is 17.1 Å². The Hall–Kier alpha value is -2.56. The molecular weight excluding hydrogens is 508 g/mol. The Morgan fingerprint density at radius 2 is 1.77 bits per heavy atom. The molecule has 9 heteroatoms. The van der Waals surface area contributed by atoms with Crippen LogP contribution in [-0.2, 0) is 6.18 Å². The molecule has 0 unspecified atom stereocenters. The number of para-hydroxylation sites is 2. The highest BCUT2D eigenvalue weighted by Crippen LogP contribution is 2.37. The summed E-state index contributed by atoms with van der Waals surface area (Å²) in [4.78, 5) is 7.91. The van der Waals surface area contributed by atoms with Crippen LogP contribution in [0.25, 0.3) is 0 Å². The minimum Gasteiger partial charge on any atom is -0.491 e. The van der Waals surface area contributed by atoms with Crippen LogP contribution in [-0.4, -0.2) is 16.6 Å². The van der Waals surface area contributed by atoms with E-state index in [1.807, 2.05) is 19.1 Å². The minimum atomic E-state index is -4.61. The van der Waals surface area contributed by atoms with Crippen molar-refractivity contribution in [2.75, 3.05) is 17.2 Å². The average molecular weight is 528 g/mol. The number of aromatic nitrogens is 2. The van der Waals surface area contributed by atoms with Gasteiger partial charge in [-0.3, -0.25) is 0 Å². The zero-order chi connectivity index (χ0) is 21.6. The molecule has 0 amide bonds. The second-order valence-corrected chi connectivity index (χ2v) is 7.65. The summed E-state index contributed by atoms with van der Waals surface area (Å²) < 4.78 is 47.3. The highest BCUT2D eigenvalue weighted by Gasteiger charge is 2.35. The molecule has 158 valence electrons. The topological polar surface area (TPSA) is 59.1 Å². The lowest BCUT2D eigenvalue weighted by atomic mass is 10.2. The number of anilines is 4. The van der Waals surface area contributed by atoms with Gasteiger partial charge in [-0.05, 0) is 65.4 Å². The maximum atomic E-state index is 13.5. The molecule has 3 aromatic rings. The number of ether oxygens (including phenoxy) is 1. The van der Waals surface area contributed by atoms with Crippen LogP contribution in [0.1, 0.15) is 25.3 Å². The zero-order valence-electron chi connectivity index (χ0n) is 16.1. The predicted molar refractivity (Wildman–Crippen MR) is 120 cm³/mol. The molecule has 5 nitrogen and oxygen atoms in total. The molecule has 1 aromatic heterocycles. The zero-order valence-corrected chi connectivity index (χ0v) is 18.3. The Labute approximate surface area is 186 Å². The van der Waals surface area contributed by atoms with E-state index in [-0.39, 0.29) is 11.8 Å². The molecule has 0 bridgehead atoms. The minimum absolute atomic E-state index is 0.0519. The van der Waals surface area contributed by atoms with Crippen molar-refractivity contribution in [1.29, 1.82) is 0 Å². The number of nitrogens with zero attached hydrogens (tertiary/aromatic N) is 2. The van der Waals surface area contributed by atoms with Gasteiger partial charge in [0, 0.05) is 15.5 Å². The quantitative estimate of drug-likeness (QED) is 0.250. The van der Waals surface area contributed by atoms with Gasteiger partial charge in [-0.1, -0.05) is 25.5 Å². The summed E-state index contributed by atoms with van der Waals surface area (Å²) in [6.45, 7) is 2.51. The fourth-order valence-electron chi connectivity index (χ4n) is 2.56. The molecule has 3 rings (SSSR count). The largest absolute Gasteiger partial charge is 0.491 e. The fourth-order valence-corrected chi connectivity index (χ4v) is 2.92. The van der Waals surface area contributed by atoms with Crippen LogP contribution in [0.2, 0.25) is 0 Å². The first-order chi connectivity index (χ1) is 14.4. The van der Waals surface area contributed by atoms with E-state index in [2.05, 4.69) is 43.2 Å². The van der Waals surface area contributed by atoms with E-state index in [4.69, 9.17) is 4.74 Å². The molecule has 0 atom stereocenters. The first-order valence-corrected chi connectivity index (χ1v) is 10.4. The van der Waals surface area contributed by atoms with Gasteiger partial charge in [0.15, 0.2) is 0 Å². The SMILES string of the molecule is CCCCOc1ccccc1Nc1nc(Nc2ccc(I)cc2)ncc1C(F)(F)F. The Morgan fingerprint density at radius 3 is 2.47 bits per heavy atom. The maximum absolute atomic E-state index is 13.5. The highest BCUT2D eigenvalue weighted by atomic mass is 127. The fraction of sp³-hybridized carbons (Fsp3) is 0.238. The number of halogens is 4. The van der Waals surface area contributed by atoms with Crippen LogP contribution in [0, 0.1) is 3.57 Å². The summed E-state index contributed by atoms with van der Waals surface area (Å²) >= 11 is 2.17. The Bertz CT molecular complexity index is 981. The highest BCUT2D eigenvalue weighted by molar-refractivity contribution is 14.1. The van der Waals surface area contributed by atoms with Gasteiger partial charge in [0.25, 0.3) is 0 Å². The van der Waals surface area contributed by atoms with Gasteiger partial charge in [-0.15, -0.1) is 0 Å². The van der Waals surface area contributed by atoms with Crippen LogP contribution in [0.4, 0.5) is 36.3 Å². The lowest BCUT2D eigenvalue weighted by molar-refractivity contribution is -0.137. The van der Waals surface area contributed by atoms with Crippen molar-refractivity contribution in [1.82, 2.24) is 9.97 Å².